The summed E-state index contributed by atoms with van der Waals surface area (Å²) in [5, 5.41) is 29.2. The Morgan fingerprint density at radius 1 is 1.12 bits per heavy atom. The summed E-state index contributed by atoms with van der Waals surface area (Å²) < 4.78 is 0. The third kappa shape index (κ3) is 2.06. The van der Waals surface area contributed by atoms with Gasteiger partial charge < -0.3 is 15.3 Å². The Kier molecular flexibility index (Phi) is 2.70. The van der Waals surface area contributed by atoms with Crippen molar-refractivity contribution >= 4 is 22.8 Å². The highest BCUT2D eigenvalue weighted by atomic mass is 16.4. The number of aliphatic carboxylic acids is 1. The monoisotopic (exact) mass is 230 g/mol. The van der Waals surface area contributed by atoms with Crippen molar-refractivity contribution in [3.05, 3.63) is 42.0 Å². The van der Waals surface area contributed by atoms with Gasteiger partial charge >= 0.3 is 5.97 Å². The van der Waals surface area contributed by atoms with E-state index in [0.717, 1.165) is 6.08 Å². The van der Waals surface area contributed by atoms with E-state index in [1.54, 1.807) is 24.3 Å². The van der Waals surface area contributed by atoms with Crippen LogP contribution in [0.15, 0.2) is 36.4 Å². The first-order valence-corrected chi connectivity index (χ1v) is 4.94. The quantitative estimate of drug-likeness (QED) is 0.546. The number of hydrogen-bond acceptors (Lipinski definition) is 3. The summed E-state index contributed by atoms with van der Waals surface area (Å²) >= 11 is 0. The van der Waals surface area contributed by atoms with Crippen molar-refractivity contribution in [3.8, 4) is 11.5 Å². The fraction of sp³-hybridized carbons (Fsp3) is 0. The number of rotatable bonds is 2. The molecule has 0 saturated carbocycles. The zero-order valence-corrected chi connectivity index (χ0v) is 8.79. The molecule has 2 aromatic rings. The van der Waals surface area contributed by atoms with Gasteiger partial charge in [-0.1, -0.05) is 24.3 Å². The van der Waals surface area contributed by atoms with Crippen LogP contribution in [-0.2, 0) is 4.79 Å². The second kappa shape index (κ2) is 4.17. The molecule has 0 radical (unpaired) electrons. The summed E-state index contributed by atoms with van der Waals surface area (Å²) in [5.41, 5.74) is 0.267. The number of aromatic hydroxyl groups is 2. The third-order valence-corrected chi connectivity index (χ3v) is 2.43. The number of phenolic OH excluding ortho intramolecular Hbond substituents is 2. The van der Waals surface area contributed by atoms with Crippen LogP contribution in [0, 0.1) is 0 Å². The van der Waals surface area contributed by atoms with E-state index in [1.165, 1.54) is 12.1 Å². The number of carboxylic acid groups (broad SMARTS) is 1. The Bertz CT molecular complexity index is 614. The van der Waals surface area contributed by atoms with Crippen LogP contribution in [0.4, 0.5) is 0 Å². The van der Waals surface area contributed by atoms with Crippen molar-refractivity contribution in [2.75, 3.05) is 0 Å². The average Bonchev–Trinajstić information content (AvgIpc) is 2.32. The molecule has 0 aliphatic heterocycles. The fourth-order valence-electron chi connectivity index (χ4n) is 1.65. The molecule has 4 heteroatoms. The number of carbonyl (C=O) groups is 1. The van der Waals surface area contributed by atoms with Crippen LogP contribution in [-0.4, -0.2) is 21.3 Å². The van der Waals surface area contributed by atoms with Crippen LogP contribution in [0.1, 0.15) is 5.56 Å². The fourth-order valence-corrected chi connectivity index (χ4v) is 1.65. The van der Waals surface area contributed by atoms with E-state index in [-0.39, 0.29) is 17.1 Å². The minimum absolute atomic E-state index is 0.00318. The Morgan fingerprint density at radius 2 is 1.76 bits per heavy atom. The lowest BCUT2D eigenvalue weighted by atomic mass is 10.0. The molecular weight excluding hydrogens is 220 g/mol. The van der Waals surface area contributed by atoms with E-state index >= 15 is 0 Å². The van der Waals surface area contributed by atoms with E-state index in [1.807, 2.05) is 0 Å². The van der Waals surface area contributed by atoms with Crippen LogP contribution in [0.25, 0.3) is 16.8 Å². The van der Waals surface area contributed by atoms with Gasteiger partial charge in [-0.15, -0.1) is 0 Å². The molecule has 0 spiro atoms. The number of fused-ring (bicyclic) bond motifs is 1. The second-order valence-corrected chi connectivity index (χ2v) is 3.55. The van der Waals surface area contributed by atoms with E-state index in [2.05, 4.69) is 0 Å². The Balaban J connectivity index is 2.67. The van der Waals surface area contributed by atoms with Crippen molar-refractivity contribution < 1.29 is 20.1 Å². The smallest absolute Gasteiger partial charge is 0.328 e. The van der Waals surface area contributed by atoms with Crippen LogP contribution >= 0.6 is 0 Å². The van der Waals surface area contributed by atoms with E-state index < -0.39 is 5.97 Å². The van der Waals surface area contributed by atoms with Gasteiger partial charge in [-0.2, -0.15) is 0 Å². The number of hydrogen-bond donors (Lipinski definition) is 3. The largest absolute Gasteiger partial charge is 0.507 e. The lowest BCUT2D eigenvalue weighted by Gasteiger charge is -2.06. The number of carboxylic acids is 1. The molecule has 0 bridgehead atoms. The van der Waals surface area contributed by atoms with Crippen molar-refractivity contribution in [3.63, 3.8) is 0 Å². The summed E-state index contributed by atoms with van der Waals surface area (Å²) in [6.07, 6.45) is 2.15. The maximum Gasteiger partial charge on any atom is 0.328 e. The molecule has 0 fully saturated rings. The molecule has 3 N–H and O–H groups in total. The van der Waals surface area contributed by atoms with E-state index in [9.17, 15) is 15.0 Å². The van der Waals surface area contributed by atoms with Gasteiger partial charge in [0.1, 0.15) is 11.5 Å². The number of phenols is 2. The maximum absolute atomic E-state index is 10.4. The van der Waals surface area contributed by atoms with Gasteiger partial charge in [-0.25, -0.2) is 4.79 Å². The van der Waals surface area contributed by atoms with Crippen LogP contribution in [0.2, 0.25) is 0 Å². The van der Waals surface area contributed by atoms with Crippen molar-refractivity contribution in [1.82, 2.24) is 0 Å². The molecule has 0 aliphatic rings. The molecule has 0 heterocycles. The second-order valence-electron chi connectivity index (χ2n) is 3.55. The van der Waals surface area contributed by atoms with Gasteiger partial charge in [0.2, 0.25) is 0 Å². The Hall–Kier alpha value is -2.49. The van der Waals surface area contributed by atoms with Crippen molar-refractivity contribution in [2.24, 2.45) is 0 Å². The SMILES string of the molecule is O=C(O)C=Cc1cc(O)c2ccccc2c1O. The standard InChI is InChI=1S/C13H10O4/c14-11-7-8(5-6-12(15)16)13(17)10-4-2-1-3-9(10)11/h1-7,14,17H,(H,15,16). The van der Waals surface area contributed by atoms with Gasteiger partial charge in [0.15, 0.2) is 0 Å². The normalized spacial score (nSPS) is 11.1. The minimum atomic E-state index is -1.11. The van der Waals surface area contributed by atoms with Gasteiger partial charge in [-0.05, 0) is 12.1 Å². The molecule has 4 nitrogen and oxygen atoms in total. The first kappa shape index (κ1) is 11.0. The van der Waals surface area contributed by atoms with Gasteiger partial charge in [0.05, 0.1) is 0 Å². The predicted molar refractivity (Wildman–Crippen MR) is 63.9 cm³/mol. The summed E-state index contributed by atoms with van der Waals surface area (Å²) in [4.78, 5) is 10.4. The molecule has 0 atom stereocenters. The van der Waals surface area contributed by atoms with Crippen molar-refractivity contribution in [1.29, 1.82) is 0 Å². The molecular formula is C13H10O4. The minimum Gasteiger partial charge on any atom is -0.507 e. The summed E-state index contributed by atoms with van der Waals surface area (Å²) in [6, 6.07) is 8.13. The lowest BCUT2D eigenvalue weighted by Crippen LogP contribution is -1.86. The lowest BCUT2D eigenvalue weighted by molar-refractivity contribution is -0.131. The molecule has 0 aliphatic carbocycles. The zero-order valence-electron chi connectivity index (χ0n) is 8.79. The molecule has 0 saturated heterocycles. The predicted octanol–water partition coefficient (Wildman–Crippen LogP) is 2.35. The van der Waals surface area contributed by atoms with E-state index in [4.69, 9.17) is 5.11 Å². The molecule has 2 aromatic carbocycles. The molecule has 0 amide bonds. The molecule has 86 valence electrons. The van der Waals surface area contributed by atoms with Gasteiger partial charge in [0, 0.05) is 22.4 Å². The molecule has 0 aromatic heterocycles. The molecule has 17 heavy (non-hydrogen) atoms. The highest BCUT2D eigenvalue weighted by Gasteiger charge is 2.08. The third-order valence-electron chi connectivity index (χ3n) is 2.43. The zero-order chi connectivity index (χ0) is 12.4. The number of benzene rings is 2. The first-order valence-electron chi connectivity index (χ1n) is 4.94. The van der Waals surface area contributed by atoms with E-state index in [0.29, 0.717) is 10.8 Å². The highest BCUT2D eigenvalue weighted by molar-refractivity contribution is 5.97. The first-order chi connectivity index (χ1) is 8.09. The average molecular weight is 230 g/mol. The molecule has 0 unspecified atom stereocenters. The maximum atomic E-state index is 10.4. The van der Waals surface area contributed by atoms with Gasteiger partial charge in [0.25, 0.3) is 0 Å². The molecule has 2 rings (SSSR count). The highest BCUT2D eigenvalue weighted by Crippen LogP contribution is 2.35. The summed E-state index contributed by atoms with van der Waals surface area (Å²) in [6.45, 7) is 0. The van der Waals surface area contributed by atoms with Gasteiger partial charge in [-0.3, -0.25) is 0 Å². The summed E-state index contributed by atoms with van der Waals surface area (Å²) in [7, 11) is 0. The van der Waals surface area contributed by atoms with Crippen LogP contribution in [0.5, 0.6) is 11.5 Å². The van der Waals surface area contributed by atoms with Crippen LogP contribution in [0.3, 0.4) is 0 Å². The van der Waals surface area contributed by atoms with Crippen molar-refractivity contribution in [2.45, 2.75) is 0 Å². The van der Waals surface area contributed by atoms with Crippen LogP contribution < -0.4 is 0 Å². The Morgan fingerprint density at radius 3 is 2.41 bits per heavy atom. The summed E-state index contributed by atoms with van der Waals surface area (Å²) in [5.74, 6) is -1.16. The Labute approximate surface area is 97.1 Å². The topological polar surface area (TPSA) is 77.8 Å².